The maximum Gasteiger partial charge on any atom is 0.338 e. The van der Waals surface area contributed by atoms with Crippen molar-refractivity contribution in [1.29, 1.82) is 0 Å². The molecule has 1 heterocycles. The van der Waals surface area contributed by atoms with Crippen molar-refractivity contribution in [3.8, 4) is 11.1 Å². The Balaban J connectivity index is 2.68. The van der Waals surface area contributed by atoms with Gasteiger partial charge in [0.25, 0.3) is 0 Å². The molecule has 2 aromatic rings. The standard InChI is InChI=1S/C12H8FNO2/c13-10-7-14-6-9(12(15)16)11(10)8-4-2-1-3-5-8/h1-7H,(H,15,16). The van der Waals surface area contributed by atoms with E-state index in [1.807, 2.05) is 0 Å². The Morgan fingerprint density at radius 1 is 1.19 bits per heavy atom. The van der Waals surface area contributed by atoms with E-state index in [0.29, 0.717) is 5.56 Å². The minimum absolute atomic E-state index is 0.0723. The Kier molecular flexibility index (Phi) is 2.64. The maximum atomic E-state index is 13.6. The molecular formula is C12H8FNO2. The zero-order valence-corrected chi connectivity index (χ0v) is 8.22. The van der Waals surface area contributed by atoms with Crippen molar-refractivity contribution >= 4 is 5.97 Å². The fourth-order valence-corrected chi connectivity index (χ4v) is 1.50. The monoisotopic (exact) mass is 217 g/mol. The molecule has 2 rings (SSSR count). The van der Waals surface area contributed by atoms with Gasteiger partial charge in [0, 0.05) is 11.8 Å². The number of halogens is 1. The smallest absolute Gasteiger partial charge is 0.338 e. The first-order valence-electron chi connectivity index (χ1n) is 4.62. The van der Waals surface area contributed by atoms with E-state index in [2.05, 4.69) is 4.98 Å². The molecule has 16 heavy (non-hydrogen) atoms. The van der Waals surface area contributed by atoms with E-state index >= 15 is 0 Å². The van der Waals surface area contributed by atoms with Crippen LogP contribution in [0.4, 0.5) is 4.39 Å². The van der Waals surface area contributed by atoms with Crippen LogP contribution in [-0.4, -0.2) is 16.1 Å². The Labute approximate surface area is 91.2 Å². The van der Waals surface area contributed by atoms with E-state index in [9.17, 15) is 9.18 Å². The van der Waals surface area contributed by atoms with Crippen LogP contribution in [0.3, 0.4) is 0 Å². The highest BCUT2D eigenvalue weighted by molar-refractivity contribution is 5.95. The molecule has 1 aromatic heterocycles. The van der Waals surface area contributed by atoms with Gasteiger partial charge in [0.05, 0.1) is 11.8 Å². The van der Waals surface area contributed by atoms with Gasteiger partial charge in [-0.3, -0.25) is 4.98 Å². The molecule has 0 spiro atoms. The highest BCUT2D eigenvalue weighted by Gasteiger charge is 2.16. The summed E-state index contributed by atoms with van der Waals surface area (Å²) in [5, 5.41) is 8.94. The number of nitrogens with zero attached hydrogens (tertiary/aromatic N) is 1. The highest BCUT2D eigenvalue weighted by atomic mass is 19.1. The molecule has 0 aliphatic carbocycles. The third-order valence-corrected chi connectivity index (χ3v) is 2.19. The molecule has 1 aromatic carbocycles. The molecule has 0 unspecified atom stereocenters. The summed E-state index contributed by atoms with van der Waals surface area (Å²) >= 11 is 0. The summed E-state index contributed by atoms with van der Waals surface area (Å²) in [5.41, 5.74) is 0.467. The molecule has 0 saturated carbocycles. The number of carbonyl (C=O) groups is 1. The highest BCUT2D eigenvalue weighted by Crippen LogP contribution is 2.25. The minimum atomic E-state index is -1.19. The lowest BCUT2D eigenvalue weighted by molar-refractivity contribution is 0.0697. The average molecular weight is 217 g/mol. The second kappa shape index (κ2) is 4.10. The fraction of sp³-hybridized carbons (Fsp3) is 0. The second-order valence-electron chi connectivity index (χ2n) is 3.22. The van der Waals surface area contributed by atoms with E-state index in [4.69, 9.17) is 5.11 Å². The third-order valence-electron chi connectivity index (χ3n) is 2.19. The minimum Gasteiger partial charge on any atom is -0.478 e. The lowest BCUT2D eigenvalue weighted by Gasteiger charge is -2.06. The van der Waals surface area contributed by atoms with Crippen molar-refractivity contribution < 1.29 is 14.3 Å². The predicted molar refractivity (Wildman–Crippen MR) is 56.6 cm³/mol. The van der Waals surface area contributed by atoms with Crippen molar-refractivity contribution in [3.63, 3.8) is 0 Å². The molecule has 3 nitrogen and oxygen atoms in total. The topological polar surface area (TPSA) is 50.2 Å². The molecule has 1 N–H and O–H groups in total. The zero-order chi connectivity index (χ0) is 11.5. The molecule has 0 atom stereocenters. The van der Waals surface area contributed by atoms with Crippen LogP contribution in [0.5, 0.6) is 0 Å². The summed E-state index contributed by atoms with van der Waals surface area (Å²) < 4.78 is 13.6. The van der Waals surface area contributed by atoms with Crippen LogP contribution in [0.1, 0.15) is 10.4 Å². The third kappa shape index (κ3) is 1.77. The van der Waals surface area contributed by atoms with Crippen molar-refractivity contribution in [2.45, 2.75) is 0 Å². The summed E-state index contributed by atoms with van der Waals surface area (Å²) in [4.78, 5) is 14.5. The predicted octanol–water partition coefficient (Wildman–Crippen LogP) is 2.59. The molecule has 4 heteroatoms. The van der Waals surface area contributed by atoms with Crippen LogP contribution >= 0.6 is 0 Å². The fourth-order valence-electron chi connectivity index (χ4n) is 1.50. The number of aromatic nitrogens is 1. The first kappa shape index (κ1) is 10.3. The van der Waals surface area contributed by atoms with Gasteiger partial charge in [-0.1, -0.05) is 30.3 Å². The van der Waals surface area contributed by atoms with Gasteiger partial charge in [0.1, 0.15) is 5.82 Å². The van der Waals surface area contributed by atoms with Crippen LogP contribution < -0.4 is 0 Å². The van der Waals surface area contributed by atoms with Crippen LogP contribution in [0.25, 0.3) is 11.1 Å². The number of hydrogen-bond donors (Lipinski definition) is 1. The van der Waals surface area contributed by atoms with Crippen molar-refractivity contribution in [1.82, 2.24) is 4.98 Å². The quantitative estimate of drug-likeness (QED) is 0.841. The SMILES string of the molecule is O=C(O)c1cncc(F)c1-c1ccccc1. The normalized spacial score (nSPS) is 10.1. The van der Waals surface area contributed by atoms with Crippen molar-refractivity contribution in [3.05, 3.63) is 54.1 Å². The molecule has 0 amide bonds. The summed E-state index contributed by atoms with van der Waals surface area (Å²) in [6, 6.07) is 8.54. The Morgan fingerprint density at radius 2 is 1.88 bits per heavy atom. The lowest BCUT2D eigenvalue weighted by atomic mass is 10.0. The number of carboxylic acids is 1. The van der Waals surface area contributed by atoms with Crippen LogP contribution in [0.15, 0.2) is 42.7 Å². The van der Waals surface area contributed by atoms with Gasteiger partial charge in [-0.15, -0.1) is 0 Å². The lowest BCUT2D eigenvalue weighted by Crippen LogP contribution is -2.02. The van der Waals surface area contributed by atoms with Crippen molar-refractivity contribution in [2.24, 2.45) is 0 Å². The Morgan fingerprint density at radius 3 is 2.50 bits per heavy atom. The molecule has 0 fully saturated rings. The maximum absolute atomic E-state index is 13.6. The van der Waals surface area contributed by atoms with Gasteiger partial charge in [0.15, 0.2) is 0 Å². The molecule has 0 aliphatic heterocycles. The molecule has 0 saturated heterocycles. The zero-order valence-electron chi connectivity index (χ0n) is 8.22. The van der Waals surface area contributed by atoms with Gasteiger partial charge < -0.3 is 5.11 Å². The number of rotatable bonds is 2. The van der Waals surface area contributed by atoms with E-state index in [1.54, 1.807) is 30.3 Å². The van der Waals surface area contributed by atoms with Gasteiger partial charge in [-0.05, 0) is 5.56 Å². The van der Waals surface area contributed by atoms with E-state index in [-0.39, 0.29) is 11.1 Å². The largest absolute Gasteiger partial charge is 0.478 e. The first-order valence-corrected chi connectivity index (χ1v) is 4.62. The summed E-state index contributed by atoms with van der Waals surface area (Å²) in [7, 11) is 0. The van der Waals surface area contributed by atoms with E-state index in [1.165, 1.54) is 0 Å². The number of hydrogen-bond acceptors (Lipinski definition) is 2. The second-order valence-corrected chi connectivity index (χ2v) is 3.22. The van der Waals surface area contributed by atoms with Crippen LogP contribution in [0.2, 0.25) is 0 Å². The summed E-state index contributed by atoms with van der Waals surface area (Å²) in [6.07, 6.45) is 2.16. The van der Waals surface area contributed by atoms with E-state index in [0.717, 1.165) is 12.4 Å². The molecule has 0 bridgehead atoms. The van der Waals surface area contributed by atoms with Crippen LogP contribution in [-0.2, 0) is 0 Å². The van der Waals surface area contributed by atoms with Crippen molar-refractivity contribution in [2.75, 3.05) is 0 Å². The van der Waals surface area contributed by atoms with Gasteiger partial charge in [-0.25, -0.2) is 9.18 Å². The Hall–Kier alpha value is -2.23. The van der Waals surface area contributed by atoms with Crippen LogP contribution in [0, 0.1) is 5.82 Å². The number of pyridine rings is 1. The number of benzene rings is 1. The molecule has 80 valence electrons. The van der Waals surface area contributed by atoms with Gasteiger partial charge in [0.2, 0.25) is 0 Å². The average Bonchev–Trinajstić information content (AvgIpc) is 2.29. The first-order chi connectivity index (χ1) is 7.70. The van der Waals surface area contributed by atoms with Gasteiger partial charge in [-0.2, -0.15) is 0 Å². The summed E-state index contributed by atoms with van der Waals surface area (Å²) in [5.74, 6) is -1.82. The number of carboxylic acid groups (broad SMARTS) is 1. The Bertz CT molecular complexity index is 526. The summed E-state index contributed by atoms with van der Waals surface area (Å²) in [6.45, 7) is 0. The van der Waals surface area contributed by atoms with Gasteiger partial charge >= 0.3 is 5.97 Å². The molecule has 0 aliphatic rings. The molecule has 0 radical (unpaired) electrons. The number of aromatic carboxylic acids is 1. The molecular weight excluding hydrogens is 209 g/mol. The van der Waals surface area contributed by atoms with E-state index < -0.39 is 11.8 Å².